The molecule has 0 rings (SSSR count). The van der Waals surface area contributed by atoms with Crippen molar-refractivity contribution in [3.63, 3.8) is 0 Å². The molecule has 0 saturated carbocycles. The third-order valence-corrected chi connectivity index (χ3v) is 3.53. The van der Waals surface area contributed by atoms with E-state index in [4.69, 9.17) is 5.73 Å². The Bertz CT molecular complexity index is 69.3. The van der Waals surface area contributed by atoms with Gasteiger partial charge in [0.25, 0.3) is 0 Å². The van der Waals surface area contributed by atoms with Crippen LogP contribution >= 0.6 is 0 Å². The molecule has 0 aromatic rings. The van der Waals surface area contributed by atoms with Gasteiger partial charge in [0.15, 0.2) is 0 Å². The minimum absolute atomic E-state index is 0.0671. The molecule has 0 bridgehead atoms. The van der Waals surface area contributed by atoms with Gasteiger partial charge in [-0.1, -0.05) is 6.92 Å². The van der Waals surface area contributed by atoms with E-state index in [0.29, 0.717) is 0 Å². The molecule has 3 heteroatoms. The second-order valence-electron chi connectivity index (χ2n) is 2.62. The maximum atomic E-state index is 11.0. The van der Waals surface area contributed by atoms with E-state index in [1.807, 2.05) is 6.92 Å². The molecule has 0 aliphatic heterocycles. The Morgan fingerprint density at radius 3 is 2.00 bits per heavy atom. The summed E-state index contributed by atoms with van der Waals surface area (Å²) in [4.78, 5) is 11.0. The highest BCUT2D eigenvalue weighted by Gasteiger charge is 2.27. The van der Waals surface area contributed by atoms with Gasteiger partial charge in [-0.05, 0) is 19.5 Å². The van der Waals surface area contributed by atoms with E-state index in [0.717, 1.165) is 6.42 Å². The first-order valence-corrected chi connectivity index (χ1v) is 5.93. The molecule has 2 nitrogen and oxygen atoms in total. The van der Waals surface area contributed by atoms with Crippen LogP contribution in [0.4, 0.5) is 0 Å². The van der Waals surface area contributed by atoms with E-state index >= 15 is 0 Å². The number of nitrogens with two attached hydrogens (primary N) is 1. The van der Waals surface area contributed by atoms with Crippen LogP contribution in [0, 0.1) is 0 Å². The van der Waals surface area contributed by atoms with Crippen molar-refractivity contribution >= 4 is 8.32 Å². The minimum atomic E-state index is -2.23. The molecule has 0 fully saturated rings. The molecule has 0 aromatic carbocycles. The Morgan fingerprint density at radius 1 is 1.62 bits per heavy atom. The summed E-state index contributed by atoms with van der Waals surface area (Å²) in [6, 6.07) is 0. The molecule has 49 valence electrons. The van der Waals surface area contributed by atoms with E-state index in [1.165, 1.54) is 0 Å². The molecule has 1 radical (unpaired) electrons. The summed E-state index contributed by atoms with van der Waals surface area (Å²) in [6.07, 6.45) is 0.822. The zero-order valence-corrected chi connectivity index (χ0v) is 6.77. The fourth-order valence-electron chi connectivity index (χ4n) is 0.492. The van der Waals surface area contributed by atoms with Crippen LogP contribution in [0.15, 0.2) is 0 Å². The third kappa shape index (κ3) is 2.45. The average Bonchev–Trinajstić information content (AvgIpc) is 1.62. The monoisotopic (exact) mass is 132 g/mol. The Kier molecular flexibility index (Phi) is 2.66. The third-order valence-electron chi connectivity index (χ3n) is 1.33. The van der Waals surface area contributed by atoms with Crippen LogP contribution in [0.25, 0.3) is 0 Å². The SMILES string of the molecule is CCC(N)[Si](C)(C)[O]. The number of rotatable bonds is 2. The Hall–Kier alpha value is 0.137. The van der Waals surface area contributed by atoms with Crippen molar-refractivity contribution in [2.24, 2.45) is 5.73 Å². The van der Waals surface area contributed by atoms with Gasteiger partial charge >= 0.3 is 0 Å². The largest absolute Gasteiger partial charge is 0.328 e. The maximum Gasteiger partial charge on any atom is 0.247 e. The lowest BCUT2D eigenvalue weighted by Crippen LogP contribution is -2.46. The molecule has 0 saturated heterocycles. The minimum Gasteiger partial charge on any atom is -0.328 e. The number of hydrogen-bond donors (Lipinski definition) is 1. The summed E-state index contributed by atoms with van der Waals surface area (Å²) in [6.45, 7) is 5.46. The average molecular weight is 132 g/mol. The topological polar surface area (TPSA) is 45.9 Å². The van der Waals surface area contributed by atoms with Crippen molar-refractivity contribution < 1.29 is 4.80 Å². The maximum absolute atomic E-state index is 11.0. The standard InChI is InChI=1S/C5H14NOSi/c1-4-5(6)8(2,3)7/h5H,4,6H2,1-3H3. The molecule has 0 aliphatic carbocycles. The summed E-state index contributed by atoms with van der Waals surface area (Å²) in [5, 5.41) is 0. The Morgan fingerprint density at radius 2 is 2.00 bits per heavy atom. The van der Waals surface area contributed by atoms with Crippen molar-refractivity contribution in [3.05, 3.63) is 0 Å². The summed E-state index contributed by atoms with van der Waals surface area (Å²) >= 11 is 0. The highest BCUT2D eigenvalue weighted by atomic mass is 28.4. The van der Waals surface area contributed by atoms with Crippen LogP contribution in [0.3, 0.4) is 0 Å². The fraction of sp³-hybridized carbons (Fsp3) is 1.00. The first kappa shape index (κ1) is 8.14. The summed E-state index contributed by atoms with van der Waals surface area (Å²) < 4.78 is 0. The van der Waals surface area contributed by atoms with E-state index in [2.05, 4.69) is 0 Å². The lowest BCUT2D eigenvalue weighted by molar-refractivity contribution is 0.410. The van der Waals surface area contributed by atoms with E-state index in [-0.39, 0.29) is 5.67 Å². The van der Waals surface area contributed by atoms with Gasteiger partial charge in [0, 0.05) is 5.67 Å². The summed E-state index contributed by atoms with van der Waals surface area (Å²) in [5.74, 6) is 0. The molecular weight excluding hydrogens is 118 g/mol. The first-order valence-electron chi connectivity index (χ1n) is 2.94. The molecule has 0 amide bonds. The molecule has 0 aromatic heterocycles. The zero-order chi connectivity index (χ0) is 6.78. The van der Waals surface area contributed by atoms with Crippen molar-refractivity contribution in [1.29, 1.82) is 0 Å². The molecule has 8 heavy (non-hydrogen) atoms. The second-order valence-corrected chi connectivity index (χ2v) is 6.57. The van der Waals surface area contributed by atoms with Crippen molar-refractivity contribution in [1.82, 2.24) is 0 Å². The molecule has 2 N–H and O–H groups in total. The van der Waals surface area contributed by atoms with E-state index < -0.39 is 8.32 Å². The summed E-state index contributed by atoms with van der Waals surface area (Å²) in [5.41, 5.74) is 5.43. The van der Waals surface area contributed by atoms with Crippen LogP contribution in [0.2, 0.25) is 13.1 Å². The predicted octanol–water partition coefficient (Wildman–Crippen LogP) is 0.898. The van der Waals surface area contributed by atoms with Gasteiger partial charge in [0.1, 0.15) is 0 Å². The van der Waals surface area contributed by atoms with Crippen LogP contribution in [-0.4, -0.2) is 14.0 Å². The van der Waals surface area contributed by atoms with Crippen LogP contribution < -0.4 is 5.73 Å². The quantitative estimate of drug-likeness (QED) is 0.557. The Balaban J connectivity index is 3.62. The van der Waals surface area contributed by atoms with Crippen LogP contribution in [0.1, 0.15) is 13.3 Å². The van der Waals surface area contributed by atoms with Crippen LogP contribution in [-0.2, 0) is 4.80 Å². The van der Waals surface area contributed by atoms with Gasteiger partial charge < -0.3 is 5.73 Å². The predicted molar refractivity (Wildman–Crippen MR) is 36.4 cm³/mol. The van der Waals surface area contributed by atoms with Gasteiger partial charge in [-0.3, -0.25) is 4.80 Å². The molecule has 0 aliphatic rings. The molecule has 0 spiro atoms. The lowest BCUT2D eigenvalue weighted by atomic mass is 10.5. The number of hydrogen-bond acceptors (Lipinski definition) is 1. The Labute approximate surface area is 51.8 Å². The molecule has 1 atom stereocenters. The lowest BCUT2D eigenvalue weighted by Gasteiger charge is -2.17. The van der Waals surface area contributed by atoms with Gasteiger partial charge in [-0.25, -0.2) is 0 Å². The molecular formula is C5H14NOSi. The smallest absolute Gasteiger partial charge is 0.247 e. The van der Waals surface area contributed by atoms with Gasteiger partial charge in [-0.2, -0.15) is 0 Å². The highest BCUT2D eigenvalue weighted by molar-refractivity contribution is 6.71. The first-order chi connectivity index (χ1) is 3.48. The second kappa shape index (κ2) is 2.62. The van der Waals surface area contributed by atoms with E-state index in [1.54, 1.807) is 13.1 Å². The fourth-order valence-corrected chi connectivity index (χ4v) is 1.47. The summed E-state index contributed by atoms with van der Waals surface area (Å²) in [7, 11) is -2.23. The molecule has 0 heterocycles. The zero-order valence-electron chi connectivity index (χ0n) is 5.77. The highest BCUT2D eigenvalue weighted by Crippen LogP contribution is 2.04. The van der Waals surface area contributed by atoms with Crippen molar-refractivity contribution in [2.45, 2.75) is 32.1 Å². The van der Waals surface area contributed by atoms with Gasteiger partial charge in [0.05, 0.1) is 0 Å². The van der Waals surface area contributed by atoms with E-state index in [9.17, 15) is 4.80 Å². The van der Waals surface area contributed by atoms with Gasteiger partial charge in [-0.15, -0.1) is 0 Å². The van der Waals surface area contributed by atoms with Crippen LogP contribution in [0.5, 0.6) is 0 Å². The van der Waals surface area contributed by atoms with Gasteiger partial charge in [0.2, 0.25) is 8.32 Å². The van der Waals surface area contributed by atoms with Crippen molar-refractivity contribution in [2.75, 3.05) is 0 Å². The normalized spacial score (nSPS) is 16.1. The molecule has 1 unspecified atom stereocenters. The van der Waals surface area contributed by atoms with Crippen molar-refractivity contribution in [3.8, 4) is 0 Å².